The third kappa shape index (κ3) is 6.95. The minimum absolute atomic E-state index is 0.0406. The number of phenols is 1. The smallest absolute Gasteiger partial charge is 0.328 e. The van der Waals surface area contributed by atoms with Crippen molar-refractivity contribution in [2.24, 2.45) is 0 Å². The number of amides is 2. The zero-order valence-corrected chi connectivity index (χ0v) is 17.6. The number of nitrogens with one attached hydrogen (secondary N) is 1. The van der Waals surface area contributed by atoms with Crippen LogP contribution in [0, 0.1) is 0 Å². The number of aliphatic carboxylic acids is 1. The summed E-state index contributed by atoms with van der Waals surface area (Å²) >= 11 is 0. The summed E-state index contributed by atoms with van der Waals surface area (Å²) in [6.45, 7) is 2.83. The van der Waals surface area contributed by atoms with Gasteiger partial charge in [0, 0.05) is 30.9 Å². The number of carboxylic acids is 1. The third-order valence-electron chi connectivity index (χ3n) is 4.85. The summed E-state index contributed by atoms with van der Waals surface area (Å²) in [5.74, 6) is -1.01. The van der Waals surface area contributed by atoms with Crippen molar-refractivity contribution in [2.45, 2.75) is 39.0 Å². The van der Waals surface area contributed by atoms with E-state index in [-0.39, 0.29) is 11.8 Å². The number of benzene rings is 2. The SMILES string of the molecule is CCCCCCCNC(=O)N(C)c1cccc(-c2ccc(/C=C/C(=O)O)cc2O)c1. The van der Waals surface area contributed by atoms with E-state index in [9.17, 15) is 14.7 Å². The van der Waals surface area contributed by atoms with Crippen molar-refractivity contribution in [2.75, 3.05) is 18.5 Å². The molecule has 160 valence electrons. The molecule has 3 N–H and O–H groups in total. The van der Waals surface area contributed by atoms with Gasteiger partial charge in [-0.25, -0.2) is 9.59 Å². The molecule has 0 aromatic heterocycles. The number of anilines is 1. The number of aromatic hydroxyl groups is 1. The molecule has 2 rings (SSSR count). The highest BCUT2D eigenvalue weighted by atomic mass is 16.4. The van der Waals surface area contributed by atoms with Gasteiger partial charge < -0.3 is 15.5 Å². The monoisotopic (exact) mass is 410 g/mol. The maximum Gasteiger partial charge on any atom is 0.328 e. The maximum atomic E-state index is 12.4. The Kier molecular flexibility index (Phi) is 8.94. The molecule has 30 heavy (non-hydrogen) atoms. The van der Waals surface area contributed by atoms with Crippen LogP contribution in [0.25, 0.3) is 17.2 Å². The summed E-state index contributed by atoms with van der Waals surface area (Å²) in [6.07, 6.45) is 8.14. The van der Waals surface area contributed by atoms with Gasteiger partial charge in [-0.05, 0) is 41.8 Å². The number of rotatable bonds is 10. The topological polar surface area (TPSA) is 89.9 Å². The standard InChI is InChI=1S/C24H30N2O4/c1-3-4-5-6-7-15-25-24(30)26(2)20-10-8-9-19(17-20)21-13-11-18(16-22(21)27)12-14-23(28)29/h8-14,16-17,27H,3-7,15H2,1-2H3,(H,25,30)(H,28,29)/b14-12+. The van der Waals surface area contributed by atoms with E-state index in [0.29, 0.717) is 23.4 Å². The van der Waals surface area contributed by atoms with Crippen molar-refractivity contribution in [3.8, 4) is 16.9 Å². The van der Waals surface area contributed by atoms with Gasteiger partial charge in [-0.15, -0.1) is 0 Å². The number of phenolic OH excluding ortho intramolecular Hbond substituents is 1. The molecule has 0 aliphatic heterocycles. The Bertz CT molecular complexity index is 893. The molecule has 0 fully saturated rings. The largest absolute Gasteiger partial charge is 0.507 e. The maximum absolute atomic E-state index is 12.4. The number of hydrogen-bond donors (Lipinski definition) is 3. The van der Waals surface area contributed by atoms with Crippen molar-refractivity contribution >= 4 is 23.8 Å². The number of urea groups is 1. The van der Waals surface area contributed by atoms with E-state index in [2.05, 4.69) is 12.2 Å². The Balaban J connectivity index is 2.05. The Morgan fingerprint density at radius 2 is 1.83 bits per heavy atom. The fourth-order valence-electron chi connectivity index (χ4n) is 3.11. The van der Waals surface area contributed by atoms with Crippen molar-refractivity contribution in [3.05, 3.63) is 54.1 Å². The molecule has 6 heteroatoms. The molecule has 0 unspecified atom stereocenters. The minimum Gasteiger partial charge on any atom is -0.507 e. The molecule has 2 aromatic carbocycles. The lowest BCUT2D eigenvalue weighted by Crippen LogP contribution is -2.37. The van der Waals surface area contributed by atoms with Crippen LogP contribution in [0.15, 0.2) is 48.5 Å². The second kappa shape index (κ2) is 11.7. The van der Waals surface area contributed by atoms with Crippen LogP contribution in [0.1, 0.15) is 44.6 Å². The molecule has 0 heterocycles. The molecule has 2 amide bonds. The molecule has 0 aliphatic carbocycles. The third-order valence-corrected chi connectivity index (χ3v) is 4.85. The van der Waals surface area contributed by atoms with Crippen molar-refractivity contribution < 1.29 is 19.8 Å². The van der Waals surface area contributed by atoms with Gasteiger partial charge in [-0.1, -0.05) is 56.9 Å². The fraction of sp³-hybridized carbons (Fsp3) is 0.333. The zero-order valence-electron chi connectivity index (χ0n) is 17.6. The van der Waals surface area contributed by atoms with Crippen molar-refractivity contribution in [1.29, 1.82) is 0 Å². The van der Waals surface area contributed by atoms with Crippen LogP contribution >= 0.6 is 0 Å². The first-order chi connectivity index (χ1) is 14.4. The van der Waals surface area contributed by atoms with Gasteiger partial charge >= 0.3 is 12.0 Å². The number of nitrogens with zero attached hydrogens (tertiary/aromatic N) is 1. The number of unbranched alkanes of at least 4 members (excludes halogenated alkanes) is 4. The molecule has 6 nitrogen and oxygen atoms in total. The van der Waals surface area contributed by atoms with E-state index in [1.54, 1.807) is 24.1 Å². The van der Waals surface area contributed by atoms with Gasteiger partial charge in [0.2, 0.25) is 0 Å². The molecule has 0 radical (unpaired) electrons. The summed E-state index contributed by atoms with van der Waals surface area (Å²) in [6, 6.07) is 12.2. The molecular formula is C24H30N2O4. The predicted octanol–water partition coefficient (Wildman–Crippen LogP) is 5.27. The van der Waals surface area contributed by atoms with Gasteiger partial charge in [0.05, 0.1) is 0 Å². The summed E-state index contributed by atoms with van der Waals surface area (Å²) in [5.41, 5.74) is 2.67. The number of carboxylic acid groups (broad SMARTS) is 1. The minimum atomic E-state index is -1.05. The highest BCUT2D eigenvalue weighted by molar-refractivity contribution is 5.92. The highest BCUT2D eigenvalue weighted by Gasteiger charge is 2.12. The van der Waals surface area contributed by atoms with E-state index < -0.39 is 5.97 Å². The van der Waals surface area contributed by atoms with Crippen LogP contribution in [-0.4, -0.2) is 35.8 Å². The normalized spacial score (nSPS) is 10.9. The van der Waals surface area contributed by atoms with E-state index in [1.165, 1.54) is 31.4 Å². The first kappa shape index (κ1) is 23.0. The Labute approximate surface area is 177 Å². The molecule has 0 atom stereocenters. The lowest BCUT2D eigenvalue weighted by molar-refractivity contribution is -0.131. The molecule has 2 aromatic rings. The van der Waals surface area contributed by atoms with Crippen LogP contribution < -0.4 is 10.2 Å². The molecule has 0 spiro atoms. The average molecular weight is 411 g/mol. The second-order valence-corrected chi connectivity index (χ2v) is 7.20. The molecule has 0 aliphatic rings. The number of carbonyl (C=O) groups is 2. The van der Waals surface area contributed by atoms with Gasteiger partial charge in [0.15, 0.2) is 0 Å². The quantitative estimate of drug-likeness (QED) is 0.367. The summed E-state index contributed by atoms with van der Waals surface area (Å²) in [7, 11) is 1.71. The van der Waals surface area contributed by atoms with Gasteiger partial charge in [-0.2, -0.15) is 0 Å². The van der Waals surface area contributed by atoms with Crippen molar-refractivity contribution in [3.63, 3.8) is 0 Å². The van der Waals surface area contributed by atoms with E-state index in [4.69, 9.17) is 5.11 Å². The van der Waals surface area contributed by atoms with Crippen LogP contribution in [-0.2, 0) is 4.79 Å². The van der Waals surface area contributed by atoms with Crippen LogP contribution in [0.2, 0.25) is 0 Å². The molecule has 0 saturated carbocycles. The van der Waals surface area contributed by atoms with Crippen molar-refractivity contribution in [1.82, 2.24) is 5.32 Å². The van der Waals surface area contributed by atoms with E-state index in [1.807, 2.05) is 24.3 Å². The highest BCUT2D eigenvalue weighted by Crippen LogP contribution is 2.32. The van der Waals surface area contributed by atoms with E-state index >= 15 is 0 Å². The summed E-state index contributed by atoms with van der Waals surface area (Å²) in [4.78, 5) is 24.6. The Morgan fingerprint density at radius 1 is 1.07 bits per heavy atom. The van der Waals surface area contributed by atoms with Crippen LogP contribution in [0.3, 0.4) is 0 Å². The molecule has 0 bridgehead atoms. The second-order valence-electron chi connectivity index (χ2n) is 7.20. The summed E-state index contributed by atoms with van der Waals surface area (Å²) in [5, 5.41) is 22.0. The fourth-order valence-corrected chi connectivity index (χ4v) is 3.11. The predicted molar refractivity (Wildman–Crippen MR) is 121 cm³/mol. The first-order valence-electron chi connectivity index (χ1n) is 10.3. The zero-order chi connectivity index (χ0) is 21.9. The lowest BCUT2D eigenvalue weighted by atomic mass is 10.0. The molecule has 0 saturated heterocycles. The van der Waals surface area contributed by atoms with Crippen LogP contribution in [0.5, 0.6) is 5.75 Å². The first-order valence-corrected chi connectivity index (χ1v) is 10.3. The van der Waals surface area contributed by atoms with Crippen LogP contribution in [0.4, 0.5) is 10.5 Å². The average Bonchev–Trinajstić information content (AvgIpc) is 2.74. The molecular weight excluding hydrogens is 380 g/mol. The van der Waals surface area contributed by atoms with Gasteiger partial charge in [0.25, 0.3) is 0 Å². The van der Waals surface area contributed by atoms with Gasteiger partial charge in [-0.3, -0.25) is 4.90 Å². The van der Waals surface area contributed by atoms with E-state index in [0.717, 1.165) is 24.5 Å². The summed E-state index contributed by atoms with van der Waals surface area (Å²) < 4.78 is 0. The van der Waals surface area contributed by atoms with Gasteiger partial charge in [0.1, 0.15) is 5.75 Å². The Hall–Kier alpha value is -3.28. The lowest BCUT2D eigenvalue weighted by Gasteiger charge is -2.19. The number of hydrogen-bond acceptors (Lipinski definition) is 3. The number of carbonyl (C=O) groups excluding carboxylic acids is 1. The Morgan fingerprint density at radius 3 is 2.53 bits per heavy atom.